The van der Waals surface area contributed by atoms with Crippen LogP contribution < -0.4 is 19.7 Å². The van der Waals surface area contributed by atoms with Crippen molar-refractivity contribution in [1.29, 1.82) is 0 Å². The molecule has 1 atom stereocenters. The molecule has 0 aliphatic carbocycles. The fraction of sp³-hybridized carbons (Fsp3) is 0.300. The van der Waals surface area contributed by atoms with Crippen molar-refractivity contribution >= 4 is 39.1 Å². The minimum absolute atomic E-state index is 0.0743. The molecule has 1 unspecified atom stereocenters. The van der Waals surface area contributed by atoms with E-state index in [4.69, 9.17) is 9.47 Å². The minimum Gasteiger partial charge on any atom is -0.486 e. The van der Waals surface area contributed by atoms with Crippen LogP contribution in [0, 0.1) is 12.8 Å². The number of carbonyl (C=O) groups is 2. The number of hydrogen-bond acceptors (Lipinski definition) is 4. The van der Waals surface area contributed by atoms with E-state index < -0.39 is 5.92 Å². The molecule has 0 saturated carbocycles. The van der Waals surface area contributed by atoms with E-state index in [1.165, 1.54) is 0 Å². The summed E-state index contributed by atoms with van der Waals surface area (Å²) in [5.74, 6) is 0.667. The molecule has 140 valence electrons. The van der Waals surface area contributed by atoms with Gasteiger partial charge in [0.15, 0.2) is 11.5 Å². The van der Waals surface area contributed by atoms with Crippen LogP contribution in [0.4, 0.5) is 11.4 Å². The quantitative estimate of drug-likeness (QED) is 0.808. The van der Waals surface area contributed by atoms with Crippen LogP contribution >= 0.6 is 15.9 Å². The van der Waals surface area contributed by atoms with Gasteiger partial charge in [0.1, 0.15) is 13.2 Å². The van der Waals surface area contributed by atoms with Crippen LogP contribution in [-0.4, -0.2) is 31.6 Å². The summed E-state index contributed by atoms with van der Waals surface area (Å²) in [6.45, 7) is 3.33. The van der Waals surface area contributed by atoms with Gasteiger partial charge in [0.25, 0.3) is 0 Å². The molecular formula is C20H19BrN2O4. The first-order valence-electron chi connectivity index (χ1n) is 8.78. The van der Waals surface area contributed by atoms with E-state index in [0.29, 0.717) is 36.9 Å². The van der Waals surface area contributed by atoms with Gasteiger partial charge in [-0.1, -0.05) is 6.07 Å². The largest absolute Gasteiger partial charge is 0.486 e. The van der Waals surface area contributed by atoms with Gasteiger partial charge in [0, 0.05) is 29.2 Å². The Bertz CT molecular complexity index is 915. The van der Waals surface area contributed by atoms with Crippen LogP contribution in [0.25, 0.3) is 0 Å². The van der Waals surface area contributed by atoms with Gasteiger partial charge in [-0.25, -0.2) is 0 Å². The Morgan fingerprint density at radius 3 is 2.70 bits per heavy atom. The molecule has 2 aliphatic rings. The van der Waals surface area contributed by atoms with Gasteiger partial charge >= 0.3 is 0 Å². The van der Waals surface area contributed by atoms with E-state index in [0.717, 1.165) is 15.7 Å². The average Bonchev–Trinajstić information content (AvgIpc) is 3.05. The molecule has 0 spiro atoms. The highest BCUT2D eigenvalue weighted by molar-refractivity contribution is 9.10. The number of fused-ring (bicyclic) bond motifs is 1. The molecular weight excluding hydrogens is 412 g/mol. The van der Waals surface area contributed by atoms with Gasteiger partial charge in [-0.2, -0.15) is 0 Å². The number of aryl methyl sites for hydroxylation is 1. The predicted molar refractivity (Wildman–Crippen MR) is 105 cm³/mol. The molecule has 1 fully saturated rings. The molecule has 6 nitrogen and oxygen atoms in total. The van der Waals surface area contributed by atoms with Crippen LogP contribution in [0.1, 0.15) is 12.0 Å². The number of carbonyl (C=O) groups excluding carboxylic acids is 2. The zero-order chi connectivity index (χ0) is 19.0. The van der Waals surface area contributed by atoms with Gasteiger partial charge in [-0.3, -0.25) is 9.59 Å². The molecule has 1 N–H and O–H groups in total. The third-order valence-corrected chi connectivity index (χ3v) is 5.37. The molecule has 2 aromatic rings. The number of ether oxygens (including phenoxy) is 2. The molecule has 0 radical (unpaired) electrons. The third kappa shape index (κ3) is 3.64. The smallest absolute Gasteiger partial charge is 0.229 e. The number of rotatable bonds is 3. The van der Waals surface area contributed by atoms with Crippen molar-refractivity contribution in [3.8, 4) is 11.5 Å². The van der Waals surface area contributed by atoms with Crippen LogP contribution in [0.3, 0.4) is 0 Å². The molecule has 27 heavy (non-hydrogen) atoms. The fourth-order valence-electron chi connectivity index (χ4n) is 3.29. The molecule has 2 aliphatic heterocycles. The minimum atomic E-state index is -0.404. The SMILES string of the molecule is Cc1ccc(NC(=O)C2CC(=O)N(c3ccc4c(c3)OCCO4)C2)c(Br)c1. The van der Waals surface area contributed by atoms with Gasteiger partial charge in [-0.05, 0) is 52.7 Å². The summed E-state index contributed by atoms with van der Waals surface area (Å²) in [6.07, 6.45) is 0.184. The Kier molecular flexibility index (Phi) is 4.78. The monoisotopic (exact) mass is 430 g/mol. The fourth-order valence-corrected chi connectivity index (χ4v) is 3.88. The van der Waals surface area contributed by atoms with Crippen LogP contribution in [0.5, 0.6) is 11.5 Å². The van der Waals surface area contributed by atoms with Gasteiger partial charge in [-0.15, -0.1) is 0 Å². The van der Waals surface area contributed by atoms with Gasteiger partial charge < -0.3 is 19.7 Å². The van der Waals surface area contributed by atoms with E-state index >= 15 is 0 Å². The molecule has 2 amide bonds. The topological polar surface area (TPSA) is 67.9 Å². The zero-order valence-corrected chi connectivity index (χ0v) is 16.4. The lowest BCUT2D eigenvalue weighted by atomic mass is 10.1. The zero-order valence-electron chi connectivity index (χ0n) is 14.8. The van der Waals surface area contributed by atoms with E-state index in [9.17, 15) is 9.59 Å². The number of hydrogen-bond donors (Lipinski definition) is 1. The molecule has 2 aromatic carbocycles. The summed E-state index contributed by atoms with van der Waals surface area (Å²) in [6, 6.07) is 11.1. The normalized spacial score (nSPS) is 18.5. The van der Waals surface area contributed by atoms with E-state index in [1.54, 1.807) is 17.0 Å². The summed E-state index contributed by atoms with van der Waals surface area (Å²) in [7, 11) is 0. The molecule has 0 aromatic heterocycles. The lowest BCUT2D eigenvalue weighted by Crippen LogP contribution is -2.28. The molecule has 2 heterocycles. The lowest BCUT2D eigenvalue weighted by Gasteiger charge is -2.22. The van der Waals surface area contributed by atoms with Crippen LogP contribution in [-0.2, 0) is 9.59 Å². The van der Waals surface area contributed by atoms with E-state index in [2.05, 4.69) is 21.2 Å². The number of amides is 2. The van der Waals surface area contributed by atoms with E-state index in [1.807, 2.05) is 31.2 Å². The summed E-state index contributed by atoms with van der Waals surface area (Å²) in [4.78, 5) is 26.8. The second-order valence-electron chi connectivity index (χ2n) is 6.71. The van der Waals surface area contributed by atoms with Crippen molar-refractivity contribution in [3.63, 3.8) is 0 Å². The maximum absolute atomic E-state index is 12.7. The second kappa shape index (κ2) is 7.23. The second-order valence-corrected chi connectivity index (χ2v) is 7.56. The molecule has 1 saturated heterocycles. The first kappa shape index (κ1) is 17.9. The summed E-state index contributed by atoms with van der Waals surface area (Å²) < 4.78 is 11.9. The van der Waals surface area contributed by atoms with Crippen molar-refractivity contribution in [2.24, 2.45) is 5.92 Å². The number of anilines is 2. The number of nitrogens with one attached hydrogen (secondary N) is 1. The Hall–Kier alpha value is -2.54. The maximum Gasteiger partial charge on any atom is 0.229 e. The Morgan fingerprint density at radius 2 is 1.93 bits per heavy atom. The Morgan fingerprint density at radius 1 is 1.15 bits per heavy atom. The third-order valence-electron chi connectivity index (χ3n) is 4.72. The van der Waals surface area contributed by atoms with Crippen molar-refractivity contribution in [2.75, 3.05) is 30.0 Å². The highest BCUT2D eigenvalue weighted by Gasteiger charge is 2.35. The van der Waals surface area contributed by atoms with Crippen LogP contribution in [0.15, 0.2) is 40.9 Å². The summed E-state index contributed by atoms with van der Waals surface area (Å²) >= 11 is 3.46. The molecule has 7 heteroatoms. The highest BCUT2D eigenvalue weighted by Crippen LogP contribution is 2.36. The van der Waals surface area contributed by atoms with E-state index in [-0.39, 0.29) is 18.2 Å². The van der Waals surface area contributed by atoms with Crippen molar-refractivity contribution < 1.29 is 19.1 Å². The van der Waals surface area contributed by atoms with Gasteiger partial charge in [0.05, 0.1) is 11.6 Å². The van der Waals surface area contributed by atoms with Crippen molar-refractivity contribution in [2.45, 2.75) is 13.3 Å². The first-order chi connectivity index (χ1) is 13.0. The van der Waals surface area contributed by atoms with Gasteiger partial charge in [0.2, 0.25) is 11.8 Å². The van der Waals surface area contributed by atoms with Crippen molar-refractivity contribution in [3.05, 3.63) is 46.4 Å². The summed E-state index contributed by atoms with van der Waals surface area (Å²) in [5.41, 5.74) is 2.52. The molecule has 4 rings (SSSR count). The maximum atomic E-state index is 12.7. The number of nitrogens with zero attached hydrogens (tertiary/aromatic N) is 1. The van der Waals surface area contributed by atoms with Crippen molar-refractivity contribution in [1.82, 2.24) is 0 Å². The lowest BCUT2D eigenvalue weighted by molar-refractivity contribution is -0.122. The standard InChI is InChI=1S/C20H19BrN2O4/c1-12-2-4-16(15(21)8-12)22-20(25)13-9-19(24)23(11-13)14-3-5-17-18(10-14)27-7-6-26-17/h2-5,8,10,13H,6-7,9,11H2,1H3,(H,22,25). The number of halogens is 1. The number of benzene rings is 2. The first-order valence-corrected chi connectivity index (χ1v) is 9.57. The van der Waals surface area contributed by atoms with Crippen LogP contribution in [0.2, 0.25) is 0 Å². The highest BCUT2D eigenvalue weighted by atomic mass is 79.9. The summed E-state index contributed by atoms with van der Waals surface area (Å²) in [5, 5.41) is 2.91. The Labute approximate surface area is 165 Å². The average molecular weight is 431 g/mol. The predicted octanol–water partition coefficient (Wildman–Crippen LogP) is 3.52. The molecule has 0 bridgehead atoms. The Balaban J connectivity index is 1.48.